The molecule has 1 aromatic heterocycles. The molecule has 2 N–H and O–H groups in total. The van der Waals surface area contributed by atoms with Crippen molar-refractivity contribution >= 4 is 10.9 Å². The average Bonchev–Trinajstić information content (AvgIpc) is 2.04. The number of aromatic hydroxyl groups is 1. The van der Waals surface area contributed by atoms with Crippen LogP contribution in [-0.4, -0.2) is 10.3 Å². The lowest BCUT2D eigenvalue weighted by Crippen LogP contribution is -2.29. The number of hydrogen-bond donors (Lipinski definition) is 2. The monoisotopic (exact) mass is 162 g/mol. The normalized spacial score (nSPS) is 10.3. The minimum atomic E-state index is 0.0793. The van der Waals surface area contributed by atoms with Crippen LogP contribution in [0.4, 0.5) is 0 Å². The first kappa shape index (κ1) is 6.91. The molecule has 0 aliphatic rings. The molecule has 0 bridgehead atoms. The van der Waals surface area contributed by atoms with Crippen LogP contribution < -0.4 is 4.73 Å². The van der Waals surface area contributed by atoms with E-state index < -0.39 is 0 Å². The first-order valence-corrected chi connectivity index (χ1v) is 3.60. The third-order valence-electron chi connectivity index (χ3n) is 1.78. The van der Waals surface area contributed by atoms with E-state index in [9.17, 15) is 10.3 Å². The third kappa shape index (κ3) is 0.871. The molecule has 2 aromatic rings. The molecule has 0 unspecified atom stereocenters. The van der Waals surface area contributed by atoms with Crippen LogP contribution in [-0.2, 0) is 0 Å². The quantitative estimate of drug-likeness (QED) is 0.449. The molecule has 0 spiro atoms. The molecule has 0 saturated heterocycles. The van der Waals surface area contributed by atoms with Gasteiger partial charge in [0.1, 0.15) is 0 Å². The molecule has 3 nitrogen and oxygen atoms in total. The average molecular weight is 162 g/mol. The molecule has 0 saturated carbocycles. The Hall–Kier alpha value is -1.77. The number of benzene rings is 1. The minimum Gasteiger partial charge on any atom is -0.502 e. The van der Waals surface area contributed by atoms with E-state index in [4.69, 9.17) is 0 Å². The Morgan fingerprint density at radius 2 is 1.83 bits per heavy atom. The van der Waals surface area contributed by atoms with E-state index >= 15 is 0 Å². The van der Waals surface area contributed by atoms with Crippen molar-refractivity contribution in [3.05, 3.63) is 36.5 Å². The highest BCUT2D eigenvalue weighted by Gasteiger charge is 2.10. The Morgan fingerprint density at radius 3 is 2.58 bits per heavy atom. The summed E-state index contributed by atoms with van der Waals surface area (Å²) in [4.78, 5) is 0. The van der Waals surface area contributed by atoms with Gasteiger partial charge in [0, 0.05) is 10.8 Å². The predicted molar refractivity (Wildman–Crippen MR) is 43.0 cm³/mol. The van der Waals surface area contributed by atoms with Gasteiger partial charge in [-0.1, -0.05) is 6.07 Å². The van der Waals surface area contributed by atoms with Crippen LogP contribution >= 0.6 is 0 Å². The smallest absolute Gasteiger partial charge is 0.305 e. The lowest BCUT2D eigenvalue weighted by Gasteiger charge is -1.94. The summed E-state index contributed by atoms with van der Waals surface area (Å²) in [5, 5.41) is 19.5. The summed E-state index contributed by atoms with van der Waals surface area (Å²) >= 11 is 0. The van der Waals surface area contributed by atoms with Gasteiger partial charge >= 0.3 is 5.52 Å². The van der Waals surface area contributed by atoms with Crippen molar-refractivity contribution in [1.29, 1.82) is 0 Å². The molecule has 0 radical (unpaired) electrons. The van der Waals surface area contributed by atoms with Gasteiger partial charge in [0.15, 0.2) is 5.75 Å². The minimum absolute atomic E-state index is 0.0793. The Morgan fingerprint density at radius 1 is 1.08 bits per heavy atom. The van der Waals surface area contributed by atoms with E-state index in [0.717, 1.165) is 10.1 Å². The highest BCUT2D eigenvalue weighted by molar-refractivity contribution is 5.80. The maximum absolute atomic E-state index is 9.37. The van der Waals surface area contributed by atoms with E-state index in [-0.39, 0.29) is 5.75 Å². The Balaban J connectivity index is 2.96. The molecule has 0 aliphatic carbocycles. The van der Waals surface area contributed by atoms with Gasteiger partial charge in [0.2, 0.25) is 6.20 Å². The van der Waals surface area contributed by atoms with Crippen LogP contribution in [0.5, 0.6) is 5.75 Å². The summed E-state index contributed by atoms with van der Waals surface area (Å²) < 4.78 is 0.907. The fraction of sp³-hybridized carbons (Fsp3) is 0. The lowest BCUT2D eigenvalue weighted by atomic mass is 10.2. The van der Waals surface area contributed by atoms with Crippen LogP contribution in [0.3, 0.4) is 0 Å². The van der Waals surface area contributed by atoms with E-state index in [1.54, 1.807) is 12.1 Å². The molecule has 0 aliphatic heterocycles. The lowest BCUT2D eigenvalue weighted by molar-refractivity contribution is -0.884. The van der Waals surface area contributed by atoms with Crippen molar-refractivity contribution in [3.8, 4) is 5.75 Å². The fourth-order valence-electron chi connectivity index (χ4n) is 1.24. The molecule has 2 rings (SSSR count). The molecule has 60 valence electrons. The SMILES string of the molecule is Oc1cccc2ccc[n+](O)c12. The molecule has 1 heterocycles. The Bertz CT molecular complexity index is 389. The number of nitrogens with zero attached hydrogens (tertiary/aromatic N) is 1. The number of rotatable bonds is 0. The van der Waals surface area contributed by atoms with Gasteiger partial charge in [0.05, 0.1) is 5.39 Å². The molecule has 0 atom stereocenters. The van der Waals surface area contributed by atoms with Gasteiger partial charge < -0.3 is 5.11 Å². The van der Waals surface area contributed by atoms with Crippen LogP contribution in [0.15, 0.2) is 36.5 Å². The largest absolute Gasteiger partial charge is 0.502 e. The summed E-state index contributed by atoms with van der Waals surface area (Å²) in [6.45, 7) is 0. The van der Waals surface area contributed by atoms with E-state index in [2.05, 4.69) is 0 Å². The van der Waals surface area contributed by atoms with Crippen LogP contribution in [0.25, 0.3) is 10.9 Å². The second-order valence-corrected chi connectivity index (χ2v) is 2.57. The highest BCUT2D eigenvalue weighted by atomic mass is 16.5. The number of para-hydroxylation sites is 1. The van der Waals surface area contributed by atoms with Crippen molar-refractivity contribution in [2.24, 2.45) is 0 Å². The number of pyridine rings is 1. The van der Waals surface area contributed by atoms with Gasteiger partial charge in [-0.05, 0) is 18.2 Å². The van der Waals surface area contributed by atoms with Gasteiger partial charge in [-0.25, -0.2) is 0 Å². The van der Waals surface area contributed by atoms with E-state index in [1.165, 1.54) is 12.3 Å². The fourth-order valence-corrected chi connectivity index (χ4v) is 1.24. The third-order valence-corrected chi connectivity index (χ3v) is 1.78. The second kappa shape index (κ2) is 2.37. The summed E-state index contributed by atoms with van der Waals surface area (Å²) in [6, 6.07) is 8.62. The van der Waals surface area contributed by atoms with Crippen LogP contribution in [0, 0.1) is 0 Å². The zero-order valence-corrected chi connectivity index (χ0v) is 6.31. The van der Waals surface area contributed by atoms with Crippen molar-refractivity contribution < 1.29 is 15.0 Å². The standard InChI is InChI=1S/C9H7NO2/c11-8-5-1-3-7-4-2-6-10(12)9(7)8/h1-6H,(H-,11,12)/p+1. The van der Waals surface area contributed by atoms with Gasteiger partial charge in [0.25, 0.3) is 0 Å². The first-order valence-electron chi connectivity index (χ1n) is 3.60. The molecular formula is C9H8NO2+. The molecule has 3 heteroatoms. The predicted octanol–water partition coefficient (Wildman–Crippen LogP) is 1.07. The summed E-state index contributed by atoms with van der Waals surface area (Å²) in [5.41, 5.74) is 0.431. The van der Waals surface area contributed by atoms with Crippen LogP contribution in [0.2, 0.25) is 0 Å². The zero-order chi connectivity index (χ0) is 8.55. The second-order valence-electron chi connectivity index (χ2n) is 2.57. The van der Waals surface area contributed by atoms with Crippen molar-refractivity contribution in [2.45, 2.75) is 0 Å². The molecule has 12 heavy (non-hydrogen) atoms. The topological polar surface area (TPSA) is 44.3 Å². The Kier molecular flexibility index (Phi) is 1.37. The number of phenolic OH excluding ortho intramolecular Hbond substituents is 1. The molecule has 0 fully saturated rings. The maximum atomic E-state index is 9.37. The summed E-state index contributed by atoms with van der Waals surface area (Å²) in [6.07, 6.45) is 1.47. The molecule has 1 aromatic carbocycles. The number of aromatic nitrogens is 1. The van der Waals surface area contributed by atoms with Crippen molar-refractivity contribution in [3.63, 3.8) is 0 Å². The van der Waals surface area contributed by atoms with Crippen molar-refractivity contribution in [2.75, 3.05) is 0 Å². The number of fused-ring (bicyclic) bond motifs is 1. The Labute approximate surface area is 69.1 Å². The molecular weight excluding hydrogens is 154 g/mol. The molecule has 0 amide bonds. The zero-order valence-electron chi connectivity index (χ0n) is 6.31. The van der Waals surface area contributed by atoms with Gasteiger partial charge in [-0.15, -0.1) is 0 Å². The summed E-state index contributed by atoms with van der Waals surface area (Å²) in [7, 11) is 0. The number of phenols is 1. The maximum Gasteiger partial charge on any atom is 0.305 e. The number of hydrogen-bond acceptors (Lipinski definition) is 2. The first-order chi connectivity index (χ1) is 5.79. The van der Waals surface area contributed by atoms with E-state index in [1.807, 2.05) is 12.1 Å². The van der Waals surface area contributed by atoms with E-state index in [0.29, 0.717) is 5.52 Å². The highest BCUT2D eigenvalue weighted by Crippen LogP contribution is 2.19. The van der Waals surface area contributed by atoms with Gasteiger partial charge in [-0.2, -0.15) is 0 Å². The van der Waals surface area contributed by atoms with Crippen LogP contribution in [0.1, 0.15) is 0 Å². The van der Waals surface area contributed by atoms with Gasteiger partial charge in [-0.3, -0.25) is 5.21 Å². The van der Waals surface area contributed by atoms with Crippen molar-refractivity contribution in [1.82, 2.24) is 0 Å². The summed E-state index contributed by atoms with van der Waals surface area (Å²) in [5.74, 6) is 0.0793.